The van der Waals surface area contributed by atoms with Crippen LogP contribution in [-0.2, 0) is 0 Å². The SMILES string of the molecule is Cc1cc(C)c2c(C)c(C(=O)NC3CCCC3)sc2n1. The van der Waals surface area contributed by atoms with E-state index in [-0.39, 0.29) is 5.91 Å². The molecule has 0 atom stereocenters. The number of rotatable bonds is 2. The molecule has 0 radical (unpaired) electrons. The van der Waals surface area contributed by atoms with Crippen LogP contribution in [0.2, 0.25) is 0 Å². The summed E-state index contributed by atoms with van der Waals surface area (Å²) in [6, 6.07) is 2.45. The number of nitrogens with zero attached hydrogens (tertiary/aromatic N) is 1. The van der Waals surface area contributed by atoms with Crippen LogP contribution in [0.15, 0.2) is 6.07 Å². The normalized spacial score (nSPS) is 15.9. The van der Waals surface area contributed by atoms with Crippen LogP contribution >= 0.6 is 11.3 Å². The van der Waals surface area contributed by atoms with Crippen LogP contribution in [0.5, 0.6) is 0 Å². The van der Waals surface area contributed by atoms with Gasteiger partial charge in [-0.3, -0.25) is 4.79 Å². The van der Waals surface area contributed by atoms with Crippen LogP contribution in [0.1, 0.15) is 52.2 Å². The largest absolute Gasteiger partial charge is 0.349 e. The number of hydrogen-bond acceptors (Lipinski definition) is 3. The maximum Gasteiger partial charge on any atom is 0.261 e. The van der Waals surface area contributed by atoms with Crippen LogP contribution in [0, 0.1) is 20.8 Å². The number of aromatic nitrogens is 1. The Morgan fingerprint density at radius 1 is 1.30 bits per heavy atom. The lowest BCUT2D eigenvalue weighted by atomic mass is 10.1. The van der Waals surface area contributed by atoms with Crippen LogP contribution < -0.4 is 5.32 Å². The van der Waals surface area contributed by atoms with Crippen molar-refractivity contribution in [3.63, 3.8) is 0 Å². The number of aryl methyl sites for hydroxylation is 3. The van der Waals surface area contributed by atoms with E-state index in [1.54, 1.807) is 0 Å². The second-order valence-electron chi connectivity index (χ2n) is 5.77. The van der Waals surface area contributed by atoms with Gasteiger partial charge < -0.3 is 5.32 Å². The fourth-order valence-corrected chi connectivity index (χ4v) is 4.36. The van der Waals surface area contributed by atoms with Crippen LogP contribution in [-0.4, -0.2) is 16.9 Å². The Morgan fingerprint density at radius 3 is 2.70 bits per heavy atom. The molecule has 1 fully saturated rings. The highest BCUT2D eigenvalue weighted by molar-refractivity contribution is 7.20. The first-order valence-corrected chi connectivity index (χ1v) is 8.06. The first-order valence-electron chi connectivity index (χ1n) is 7.24. The van der Waals surface area contributed by atoms with Crippen molar-refractivity contribution >= 4 is 27.5 Å². The Morgan fingerprint density at radius 2 is 2.00 bits per heavy atom. The summed E-state index contributed by atoms with van der Waals surface area (Å²) in [7, 11) is 0. The maximum absolute atomic E-state index is 12.5. The first-order chi connectivity index (χ1) is 9.56. The summed E-state index contributed by atoms with van der Waals surface area (Å²) in [5.74, 6) is 0.0782. The predicted octanol–water partition coefficient (Wildman–Crippen LogP) is 3.89. The molecular weight excluding hydrogens is 268 g/mol. The van der Waals surface area contributed by atoms with E-state index in [4.69, 9.17) is 0 Å². The first kappa shape index (κ1) is 13.6. The van der Waals surface area contributed by atoms with Crippen molar-refractivity contribution in [3.8, 4) is 0 Å². The molecule has 2 aromatic rings. The van der Waals surface area contributed by atoms with E-state index in [1.165, 1.54) is 29.7 Å². The van der Waals surface area contributed by atoms with Gasteiger partial charge in [-0.25, -0.2) is 4.98 Å². The van der Waals surface area contributed by atoms with Gasteiger partial charge in [0.2, 0.25) is 0 Å². The van der Waals surface area contributed by atoms with Crippen molar-refractivity contribution in [1.82, 2.24) is 10.3 Å². The van der Waals surface area contributed by atoms with Gasteiger partial charge in [0, 0.05) is 17.1 Å². The quantitative estimate of drug-likeness (QED) is 0.910. The van der Waals surface area contributed by atoms with Gasteiger partial charge in [-0.05, 0) is 50.8 Å². The molecule has 106 valence electrons. The van der Waals surface area contributed by atoms with Gasteiger partial charge in [0.25, 0.3) is 5.91 Å². The highest BCUT2D eigenvalue weighted by atomic mass is 32.1. The molecule has 0 spiro atoms. The second-order valence-corrected chi connectivity index (χ2v) is 6.77. The van der Waals surface area contributed by atoms with Gasteiger partial charge in [0.1, 0.15) is 4.83 Å². The van der Waals surface area contributed by atoms with E-state index in [9.17, 15) is 4.79 Å². The van der Waals surface area contributed by atoms with E-state index in [0.717, 1.165) is 39.2 Å². The average molecular weight is 288 g/mol. The Balaban J connectivity index is 1.97. The summed E-state index contributed by atoms with van der Waals surface area (Å²) in [6.45, 7) is 6.13. The molecule has 2 heterocycles. The lowest BCUT2D eigenvalue weighted by molar-refractivity contribution is 0.0941. The summed E-state index contributed by atoms with van der Waals surface area (Å²) in [4.78, 5) is 18.8. The third kappa shape index (κ3) is 2.33. The summed E-state index contributed by atoms with van der Waals surface area (Å²) in [6.07, 6.45) is 4.70. The summed E-state index contributed by atoms with van der Waals surface area (Å²) >= 11 is 1.52. The number of amides is 1. The Labute approximate surface area is 123 Å². The number of fused-ring (bicyclic) bond motifs is 1. The lowest BCUT2D eigenvalue weighted by Gasteiger charge is -2.11. The van der Waals surface area contributed by atoms with Crippen LogP contribution in [0.25, 0.3) is 10.2 Å². The monoisotopic (exact) mass is 288 g/mol. The topological polar surface area (TPSA) is 42.0 Å². The predicted molar refractivity (Wildman–Crippen MR) is 83.6 cm³/mol. The molecule has 3 rings (SSSR count). The summed E-state index contributed by atoms with van der Waals surface area (Å²) < 4.78 is 0. The molecule has 0 unspecified atom stereocenters. The van der Waals surface area contributed by atoms with Crippen molar-refractivity contribution < 1.29 is 4.79 Å². The molecule has 20 heavy (non-hydrogen) atoms. The molecule has 2 aromatic heterocycles. The minimum Gasteiger partial charge on any atom is -0.349 e. The van der Waals surface area contributed by atoms with E-state index in [1.807, 2.05) is 13.8 Å². The Hall–Kier alpha value is -1.42. The fourth-order valence-electron chi connectivity index (χ4n) is 3.16. The van der Waals surface area contributed by atoms with Gasteiger partial charge >= 0.3 is 0 Å². The zero-order valence-corrected chi connectivity index (χ0v) is 13.1. The van der Waals surface area contributed by atoms with Gasteiger partial charge in [0.15, 0.2) is 0 Å². The van der Waals surface area contributed by atoms with E-state index < -0.39 is 0 Å². The van der Waals surface area contributed by atoms with Gasteiger partial charge in [-0.1, -0.05) is 12.8 Å². The molecule has 0 bridgehead atoms. The second kappa shape index (κ2) is 5.17. The molecule has 0 aromatic carbocycles. The Bertz CT molecular complexity index is 669. The van der Waals surface area contributed by atoms with Crippen molar-refractivity contribution in [2.75, 3.05) is 0 Å². The number of nitrogens with one attached hydrogen (secondary N) is 1. The lowest BCUT2D eigenvalue weighted by Crippen LogP contribution is -2.32. The number of carbonyl (C=O) groups excluding carboxylic acids is 1. The molecule has 3 nitrogen and oxygen atoms in total. The van der Waals surface area contributed by atoms with Gasteiger partial charge in [-0.15, -0.1) is 11.3 Å². The minimum absolute atomic E-state index is 0.0782. The standard InChI is InChI=1S/C16H20N2OS/c1-9-8-10(2)17-16-13(9)11(3)14(20-16)15(19)18-12-6-4-5-7-12/h8,12H,4-7H2,1-3H3,(H,18,19). The number of carbonyl (C=O) groups is 1. The molecule has 1 aliphatic rings. The van der Waals surface area contributed by atoms with Crippen molar-refractivity contribution in [2.24, 2.45) is 0 Å². The Kier molecular flexibility index (Phi) is 3.50. The average Bonchev–Trinajstić information content (AvgIpc) is 2.97. The number of thiophene rings is 1. The number of hydrogen-bond donors (Lipinski definition) is 1. The van der Waals surface area contributed by atoms with Crippen LogP contribution in [0.3, 0.4) is 0 Å². The van der Waals surface area contributed by atoms with Gasteiger partial charge in [-0.2, -0.15) is 0 Å². The molecule has 1 saturated carbocycles. The smallest absolute Gasteiger partial charge is 0.261 e. The van der Waals surface area contributed by atoms with E-state index in [0.29, 0.717) is 6.04 Å². The molecule has 4 heteroatoms. The van der Waals surface area contributed by atoms with Gasteiger partial charge in [0.05, 0.1) is 4.88 Å². The van der Waals surface area contributed by atoms with Crippen LogP contribution in [0.4, 0.5) is 0 Å². The fraction of sp³-hybridized carbons (Fsp3) is 0.500. The highest BCUT2D eigenvalue weighted by Crippen LogP contribution is 2.32. The third-order valence-corrected chi connectivity index (χ3v) is 5.31. The van der Waals surface area contributed by atoms with Crippen molar-refractivity contribution in [2.45, 2.75) is 52.5 Å². The minimum atomic E-state index is 0.0782. The van der Waals surface area contributed by atoms with E-state index >= 15 is 0 Å². The zero-order valence-electron chi connectivity index (χ0n) is 12.2. The molecule has 0 aliphatic heterocycles. The number of pyridine rings is 1. The highest BCUT2D eigenvalue weighted by Gasteiger charge is 2.22. The molecule has 1 N–H and O–H groups in total. The zero-order chi connectivity index (χ0) is 14.3. The van der Waals surface area contributed by atoms with Crippen molar-refractivity contribution in [1.29, 1.82) is 0 Å². The molecular formula is C16H20N2OS. The summed E-state index contributed by atoms with van der Waals surface area (Å²) in [5, 5.41) is 4.32. The maximum atomic E-state index is 12.5. The molecule has 0 saturated heterocycles. The van der Waals surface area contributed by atoms with Crippen molar-refractivity contribution in [3.05, 3.63) is 27.8 Å². The third-order valence-electron chi connectivity index (χ3n) is 4.12. The van der Waals surface area contributed by atoms with E-state index in [2.05, 4.69) is 23.3 Å². The molecule has 1 amide bonds. The molecule has 1 aliphatic carbocycles. The summed E-state index contributed by atoms with van der Waals surface area (Å²) in [5.41, 5.74) is 3.30.